The zero-order chi connectivity index (χ0) is 15.5. The SMILES string of the molecule is C=C(C)C(=O)[O-].C=C(C)C(=O)[O-].C=C(C)C(=O)[O-].[Eu+3]. The van der Waals surface area contributed by atoms with E-state index in [9.17, 15) is 29.7 Å². The number of carbonyl (C=O) groups is 3. The van der Waals surface area contributed by atoms with Crippen molar-refractivity contribution in [1.29, 1.82) is 0 Å². The van der Waals surface area contributed by atoms with Gasteiger partial charge in [-0.05, 0) is 37.5 Å². The first-order valence-electron chi connectivity index (χ1n) is 4.54. The van der Waals surface area contributed by atoms with Crippen molar-refractivity contribution in [2.75, 3.05) is 0 Å². The molecule has 0 N–H and O–H groups in total. The van der Waals surface area contributed by atoms with E-state index in [2.05, 4.69) is 19.7 Å². The fourth-order valence-corrected chi connectivity index (χ4v) is 0. The molecular weight excluding hydrogens is 392 g/mol. The number of carbonyl (C=O) groups excluding carboxylic acids is 3. The summed E-state index contributed by atoms with van der Waals surface area (Å²) in [6.07, 6.45) is 0. The number of carboxylic acids is 3. The maximum absolute atomic E-state index is 9.49. The first kappa shape index (κ1) is 26.7. The third-order valence-electron chi connectivity index (χ3n) is 1.05. The van der Waals surface area contributed by atoms with Gasteiger partial charge in [0, 0.05) is 0 Å². The molecular formula is C12H15EuO6. The van der Waals surface area contributed by atoms with Crippen molar-refractivity contribution in [2.45, 2.75) is 20.8 Å². The number of rotatable bonds is 3. The molecule has 19 heavy (non-hydrogen) atoms. The molecule has 0 aromatic rings. The minimum atomic E-state index is -1.19. The van der Waals surface area contributed by atoms with E-state index in [1.54, 1.807) is 0 Å². The van der Waals surface area contributed by atoms with E-state index in [-0.39, 0.29) is 66.1 Å². The first-order chi connectivity index (χ1) is 7.93. The Bertz CT molecular complexity index is 277. The Morgan fingerprint density at radius 1 is 0.632 bits per heavy atom. The number of hydrogen-bond acceptors (Lipinski definition) is 6. The van der Waals surface area contributed by atoms with E-state index in [1.807, 2.05) is 0 Å². The Morgan fingerprint density at radius 3 is 0.684 bits per heavy atom. The Balaban J connectivity index is -0.0000000865. The first-order valence-corrected chi connectivity index (χ1v) is 4.54. The molecule has 0 amide bonds. The van der Waals surface area contributed by atoms with Crippen LogP contribution in [0.3, 0.4) is 0 Å². The second kappa shape index (κ2) is 15.3. The summed E-state index contributed by atoms with van der Waals surface area (Å²) in [6, 6.07) is 0. The number of hydrogen-bond donors (Lipinski definition) is 0. The molecule has 0 spiro atoms. The summed E-state index contributed by atoms with van der Waals surface area (Å²) in [6.45, 7) is 13.4. The summed E-state index contributed by atoms with van der Waals surface area (Å²) in [5.74, 6) is -3.56. The molecule has 0 saturated heterocycles. The summed E-state index contributed by atoms with van der Waals surface area (Å²) < 4.78 is 0. The van der Waals surface area contributed by atoms with Crippen molar-refractivity contribution in [3.63, 3.8) is 0 Å². The van der Waals surface area contributed by atoms with E-state index in [0.29, 0.717) is 0 Å². The van der Waals surface area contributed by atoms with Crippen molar-refractivity contribution in [3.8, 4) is 0 Å². The van der Waals surface area contributed by atoms with Gasteiger partial charge in [0.2, 0.25) is 0 Å². The van der Waals surface area contributed by atoms with Crippen LogP contribution >= 0.6 is 0 Å². The average Bonchev–Trinajstić information content (AvgIpc) is 2.18. The van der Waals surface area contributed by atoms with Crippen LogP contribution in [0.5, 0.6) is 0 Å². The normalized spacial score (nSPS) is 7.11. The van der Waals surface area contributed by atoms with E-state index >= 15 is 0 Å². The van der Waals surface area contributed by atoms with Gasteiger partial charge < -0.3 is 29.7 Å². The minimum Gasteiger partial charge on any atom is -0.545 e. The second-order valence-electron chi connectivity index (χ2n) is 3.20. The average molecular weight is 407 g/mol. The van der Waals surface area contributed by atoms with Crippen molar-refractivity contribution >= 4 is 17.9 Å². The van der Waals surface area contributed by atoms with Crippen LogP contribution in [0, 0.1) is 49.4 Å². The monoisotopic (exact) mass is 408 g/mol. The van der Waals surface area contributed by atoms with Crippen LogP contribution in [0.25, 0.3) is 0 Å². The van der Waals surface area contributed by atoms with Gasteiger partial charge in [-0.3, -0.25) is 0 Å². The Hall–Kier alpha value is -0.786. The molecule has 6 nitrogen and oxygen atoms in total. The molecule has 0 atom stereocenters. The number of aliphatic carboxylic acids is 3. The zero-order valence-corrected chi connectivity index (χ0v) is 13.4. The van der Waals surface area contributed by atoms with Crippen LogP contribution in [0.4, 0.5) is 0 Å². The summed E-state index contributed by atoms with van der Waals surface area (Å²) in [7, 11) is 0. The van der Waals surface area contributed by atoms with Crippen LogP contribution in [0.1, 0.15) is 20.8 Å². The quantitative estimate of drug-likeness (QED) is 0.496. The predicted octanol–water partition coefficient (Wildman–Crippen LogP) is -2.06. The molecule has 0 unspecified atom stereocenters. The van der Waals surface area contributed by atoms with Crippen LogP contribution in [0.15, 0.2) is 36.5 Å². The third kappa shape index (κ3) is 31.7. The fourth-order valence-electron chi connectivity index (χ4n) is 0. The van der Waals surface area contributed by atoms with Gasteiger partial charge >= 0.3 is 49.4 Å². The number of carboxylic acid groups (broad SMARTS) is 3. The van der Waals surface area contributed by atoms with Crippen LogP contribution in [0.2, 0.25) is 0 Å². The van der Waals surface area contributed by atoms with E-state index in [1.165, 1.54) is 20.8 Å². The maximum atomic E-state index is 9.49. The third-order valence-corrected chi connectivity index (χ3v) is 1.05. The van der Waals surface area contributed by atoms with E-state index < -0.39 is 17.9 Å². The van der Waals surface area contributed by atoms with Crippen molar-refractivity contribution in [2.24, 2.45) is 0 Å². The van der Waals surface area contributed by atoms with Crippen LogP contribution in [-0.2, 0) is 14.4 Å². The zero-order valence-electron chi connectivity index (χ0n) is 10.9. The van der Waals surface area contributed by atoms with Gasteiger partial charge in [-0.15, -0.1) is 0 Å². The maximum Gasteiger partial charge on any atom is 3.00 e. The topological polar surface area (TPSA) is 120 Å². The molecule has 0 saturated carbocycles. The van der Waals surface area contributed by atoms with Crippen molar-refractivity contribution in [3.05, 3.63) is 36.5 Å². The summed E-state index contributed by atoms with van der Waals surface area (Å²) in [5.41, 5.74) is 0.194. The molecule has 7 heteroatoms. The van der Waals surface area contributed by atoms with Gasteiger partial charge in [-0.25, -0.2) is 0 Å². The van der Waals surface area contributed by atoms with E-state index in [4.69, 9.17) is 0 Å². The molecule has 0 aliphatic carbocycles. The Labute approximate surface area is 153 Å². The molecule has 0 bridgehead atoms. The van der Waals surface area contributed by atoms with Crippen molar-refractivity contribution in [1.82, 2.24) is 0 Å². The summed E-state index contributed by atoms with van der Waals surface area (Å²) in [5, 5.41) is 28.5. The summed E-state index contributed by atoms with van der Waals surface area (Å²) >= 11 is 0. The molecule has 0 fully saturated rings. The fraction of sp³-hybridized carbons (Fsp3) is 0.250. The Morgan fingerprint density at radius 2 is 0.684 bits per heavy atom. The van der Waals surface area contributed by atoms with Gasteiger partial charge in [-0.1, -0.05) is 19.7 Å². The van der Waals surface area contributed by atoms with Crippen LogP contribution in [-0.4, -0.2) is 17.9 Å². The molecule has 0 aromatic heterocycles. The molecule has 0 aromatic carbocycles. The van der Waals surface area contributed by atoms with Crippen LogP contribution < -0.4 is 15.3 Å². The van der Waals surface area contributed by atoms with Gasteiger partial charge in [0.1, 0.15) is 0 Å². The molecule has 0 aliphatic heterocycles. The van der Waals surface area contributed by atoms with Gasteiger partial charge in [0.15, 0.2) is 0 Å². The molecule has 106 valence electrons. The smallest absolute Gasteiger partial charge is 0.545 e. The minimum absolute atomic E-state index is 0. The molecule has 0 radical (unpaired) electrons. The molecule has 0 rings (SSSR count). The van der Waals surface area contributed by atoms with Gasteiger partial charge in [0.05, 0.1) is 17.9 Å². The second-order valence-corrected chi connectivity index (χ2v) is 3.20. The summed E-state index contributed by atoms with van der Waals surface area (Å²) in [4.78, 5) is 28.5. The van der Waals surface area contributed by atoms with Crippen molar-refractivity contribution < 1.29 is 79.1 Å². The molecule has 0 heterocycles. The van der Waals surface area contributed by atoms with E-state index in [0.717, 1.165) is 0 Å². The van der Waals surface area contributed by atoms with Gasteiger partial charge in [-0.2, -0.15) is 0 Å². The largest absolute Gasteiger partial charge is 3.00 e. The standard InChI is InChI=1S/3C4H6O2.Eu/c3*1-3(2)4(5)6;/h3*1H2,2H3,(H,5,6);/q;;;+3/p-3. The molecule has 0 aliphatic rings. The van der Waals surface area contributed by atoms with Gasteiger partial charge in [0.25, 0.3) is 0 Å². The Kier molecular flexibility index (Phi) is 21.5. The predicted molar refractivity (Wildman–Crippen MR) is 59.5 cm³/mol.